The number of para-hydroxylation sites is 2. The summed E-state index contributed by atoms with van der Waals surface area (Å²) in [7, 11) is 0. The van der Waals surface area contributed by atoms with Gasteiger partial charge < -0.3 is 10.6 Å². The number of hydrogen-bond donors (Lipinski definition) is 2. The fourth-order valence-electron chi connectivity index (χ4n) is 3.45. The van der Waals surface area contributed by atoms with E-state index in [1.807, 2.05) is 48.5 Å². The van der Waals surface area contributed by atoms with E-state index in [1.54, 1.807) is 0 Å². The molecule has 0 radical (unpaired) electrons. The number of nitrogens with one attached hydrogen (secondary N) is 2. The number of carbonyl (C=O) groups is 2. The number of rotatable bonds is 6. The molecule has 2 aromatic carbocycles. The van der Waals surface area contributed by atoms with Crippen LogP contribution in [0.2, 0.25) is 0 Å². The Kier molecular flexibility index (Phi) is 5.64. The monoisotopic (exact) mass is 364 g/mol. The summed E-state index contributed by atoms with van der Waals surface area (Å²) >= 11 is 0. The van der Waals surface area contributed by atoms with Gasteiger partial charge in [-0.2, -0.15) is 0 Å². The van der Waals surface area contributed by atoms with Gasteiger partial charge in [-0.1, -0.05) is 64.1 Å². The molecule has 0 saturated heterocycles. The largest absolute Gasteiger partial charge is 0.326 e. The van der Waals surface area contributed by atoms with Crippen LogP contribution in [0.15, 0.2) is 48.5 Å². The second kappa shape index (κ2) is 7.95. The van der Waals surface area contributed by atoms with E-state index in [-0.39, 0.29) is 23.7 Å². The van der Waals surface area contributed by atoms with E-state index in [2.05, 4.69) is 38.3 Å². The molecule has 0 bridgehead atoms. The van der Waals surface area contributed by atoms with Crippen molar-refractivity contribution in [3.8, 4) is 0 Å². The predicted octanol–water partition coefficient (Wildman–Crippen LogP) is 5.15. The Labute approximate surface area is 161 Å². The molecule has 27 heavy (non-hydrogen) atoms. The Bertz CT molecular complexity index is 772. The number of carbonyl (C=O) groups excluding carboxylic acids is 2. The normalized spacial score (nSPS) is 18.4. The molecule has 0 heterocycles. The highest BCUT2D eigenvalue weighted by molar-refractivity contribution is 6.03. The van der Waals surface area contributed by atoms with Crippen LogP contribution in [0.3, 0.4) is 0 Å². The lowest BCUT2D eigenvalue weighted by Gasteiger charge is -2.14. The Morgan fingerprint density at radius 1 is 0.741 bits per heavy atom. The highest BCUT2D eigenvalue weighted by atomic mass is 16.2. The molecule has 1 fully saturated rings. The van der Waals surface area contributed by atoms with Crippen LogP contribution in [0.5, 0.6) is 0 Å². The minimum atomic E-state index is -0.253. The first-order valence-corrected chi connectivity index (χ1v) is 9.68. The third-order valence-electron chi connectivity index (χ3n) is 5.15. The lowest BCUT2D eigenvalue weighted by Crippen LogP contribution is -2.21. The number of anilines is 2. The third kappa shape index (κ3) is 4.38. The first-order valence-electron chi connectivity index (χ1n) is 9.68. The Morgan fingerprint density at radius 3 is 1.48 bits per heavy atom. The van der Waals surface area contributed by atoms with Gasteiger partial charge in [0, 0.05) is 11.4 Å². The van der Waals surface area contributed by atoms with E-state index in [9.17, 15) is 9.59 Å². The molecule has 4 heteroatoms. The van der Waals surface area contributed by atoms with Crippen LogP contribution < -0.4 is 10.6 Å². The molecule has 2 unspecified atom stereocenters. The Balaban J connectivity index is 1.63. The van der Waals surface area contributed by atoms with Crippen LogP contribution in [0.1, 0.15) is 57.1 Å². The Morgan fingerprint density at radius 2 is 1.11 bits per heavy atom. The van der Waals surface area contributed by atoms with Crippen molar-refractivity contribution < 1.29 is 9.59 Å². The predicted molar refractivity (Wildman–Crippen MR) is 110 cm³/mol. The van der Waals surface area contributed by atoms with Crippen molar-refractivity contribution in [2.24, 2.45) is 11.8 Å². The summed E-state index contributed by atoms with van der Waals surface area (Å²) in [6.07, 6.45) is 0.603. The van der Waals surface area contributed by atoms with Gasteiger partial charge in [-0.25, -0.2) is 0 Å². The molecule has 0 aromatic heterocycles. The summed E-state index contributed by atoms with van der Waals surface area (Å²) in [5.41, 5.74) is 3.90. The standard InChI is InChI=1S/C23H28N2O2/c1-14(2)16-9-5-7-11-20(16)24-22(26)18-13-19(18)23(27)25-21-12-8-6-10-17(21)15(3)4/h5-12,14-15,18-19H,13H2,1-4H3,(H,24,26)(H,25,27). The van der Waals surface area contributed by atoms with Gasteiger partial charge in [0.2, 0.25) is 11.8 Å². The molecule has 1 aliphatic rings. The zero-order chi connectivity index (χ0) is 19.6. The highest BCUT2D eigenvalue weighted by Crippen LogP contribution is 2.41. The minimum absolute atomic E-state index is 0.0691. The summed E-state index contributed by atoms with van der Waals surface area (Å²) in [5.74, 6) is 0.00770. The first-order chi connectivity index (χ1) is 12.9. The van der Waals surface area contributed by atoms with E-state index in [0.29, 0.717) is 18.3 Å². The molecule has 1 aliphatic carbocycles. The van der Waals surface area contributed by atoms with E-state index < -0.39 is 0 Å². The van der Waals surface area contributed by atoms with Crippen molar-refractivity contribution in [3.63, 3.8) is 0 Å². The molecular weight excluding hydrogens is 336 g/mol. The fraction of sp³-hybridized carbons (Fsp3) is 0.391. The van der Waals surface area contributed by atoms with Gasteiger partial charge in [-0.3, -0.25) is 9.59 Å². The zero-order valence-corrected chi connectivity index (χ0v) is 16.5. The van der Waals surface area contributed by atoms with E-state index in [1.165, 1.54) is 0 Å². The van der Waals surface area contributed by atoms with Gasteiger partial charge in [0.15, 0.2) is 0 Å². The van der Waals surface area contributed by atoms with Crippen LogP contribution in [0, 0.1) is 11.8 Å². The number of benzene rings is 2. The molecule has 0 spiro atoms. The quantitative estimate of drug-likeness (QED) is 0.745. The fourth-order valence-corrected chi connectivity index (χ4v) is 3.45. The van der Waals surface area contributed by atoms with Crippen molar-refractivity contribution in [1.82, 2.24) is 0 Å². The average Bonchev–Trinajstić information content (AvgIpc) is 3.43. The minimum Gasteiger partial charge on any atom is -0.326 e. The van der Waals surface area contributed by atoms with Crippen LogP contribution in [0.25, 0.3) is 0 Å². The lowest BCUT2D eigenvalue weighted by molar-refractivity contribution is -0.122. The number of amides is 2. The maximum absolute atomic E-state index is 12.6. The van der Waals surface area contributed by atoms with Crippen LogP contribution in [-0.2, 0) is 9.59 Å². The second-order valence-corrected chi connectivity index (χ2v) is 7.91. The van der Waals surface area contributed by atoms with Gasteiger partial charge in [-0.05, 0) is 41.5 Å². The van der Waals surface area contributed by atoms with Crippen LogP contribution >= 0.6 is 0 Å². The Hall–Kier alpha value is -2.62. The summed E-state index contributed by atoms with van der Waals surface area (Å²) in [6, 6.07) is 15.7. The first kappa shape index (κ1) is 19.2. The molecule has 2 N–H and O–H groups in total. The molecule has 2 atom stereocenters. The SMILES string of the molecule is CC(C)c1ccccc1NC(=O)C1CC1C(=O)Nc1ccccc1C(C)C. The summed E-state index contributed by atoms with van der Waals surface area (Å²) in [6.45, 7) is 8.41. The maximum atomic E-state index is 12.6. The third-order valence-corrected chi connectivity index (χ3v) is 5.15. The molecule has 4 nitrogen and oxygen atoms in total. The van der Waals surface area contributed by atoms with Crippen LogP contribution in [-0.4, -0.2) is 11.8 Å². The van der Waals surface area contributed by atoms with Gasteiger partial charge in [0.25, 0.3) is 0 Å². The molecule has 3 rings (SSSR count). The van der Waals surface area contributed by atoms with Gasteiger partial charge >= 0.3 is 0 Å². The van der Waals surface area contributed by atoms with Crippen molar-refractivity contribution in [2.75, 3.05) is 10.6 Å². The summed E-state index contributed by atoms with van der Waals surface area (Å²) in [4.78, 5) is 25.2. The van der Waals surface area contributed by atoms with Crippen molar-refractivity contribution in [2.45, 2.75) is 46.0 Å². The van der Waals surface area contributed by atoms with Gasteiger partial charge in [-0.15, -0.1) is 0 Å². The van der Waals surface area contributed by atoms with Crippen molar-refractivity contribution >= 4 is 23.2 Å². The van der Waals surface area contributed by atoms with Gasteiger partial charge in [0.1, 0.15) is 0 Å². The van der Waals surface area contributed by atoms with E-state index in [4.69, 9.17) is 0 Å². The average molecular weight is 364 g/mol. The molecular formula is C23H28N2O2. The maximum Gasteiger partial charge on any atom is 0.228 e. The summed E-state index contributed by atoms with van der Waals surface area (Å²) < 4.78 is 0. The smallest absolute Gasteiger partial charge is 0.228 e. The van der Waals surface area contributed by atoms with Gasteiger partial charge in [0.05, 0.1) is 11.8 Å². The lowest BCUT2D eigenvalue weighted by atomic mass is 10.0. The second-order valence-electron chi connectivity index (χ2n) is 7.91. The van der Waals surface area contributed by atoms with E-state index in [0.717, 1.165) is 22.5 Å². The molecule has 1 saturated carbocycles. The zero-order valence-electron chi connectivity index (χ0n) is 16.5. The molecule has 2 aromatic rings. The molecule has 0 aliphatic heterocycles. The van der Waals surface area contributed by atoms with Crippen molar-refractivity contribution in [3.05, 3.63) is 59.7 Å². The number of hydrogen-bond acceptors (Lipinski definition) is 2. The van der Waals surface area contributed by atoms with Crippen molar-refractivity contribution in [1.29, 1.82) is 0 Å². The van der Waals surface area contributed by atoms with E-state index >= 15 is 0 Å². The topological polar surface area (TPSA) is 58.2 Å². The molecule has 2 amide bonds. The molecule has 142 valence electrons. The summed E-state index contributed by atoms with van der Waals surface area (Å²) in [5, 5.41) is 6.03. The van der Waals surface area contributed by atoms with Crippen LogP contribution in [0.4, 0.5) is 11.4 Å². The highest BCUT2D eigenvalue weighted by Gasteiger charge is 2.48.